The molecule has 6 heteroatoms. The van der Waals surface area contributed by atoms with Gasteiger partial charge in [-0.3, -0.25) is 9.59 Å². The van der Waals surface area contributed by atoms with E-state index in [9.17, 15) is 14.0 Å². The predicted molar refractivity (Wildman–Crippen MR) is 96.8 cm³/mol. The minimum atomic E-state index is -0.334. The average molecular weight is 356 g/mol. The van der Waals surface area contributed by atoms with Crippen molar-refractivity contribution < 1.29 is 18.7 Å². The number of benzene rings is 2. The zero-order valence-corrected chi connectivity index (χ0v) is 14.6. The summed E-state index contributed by atoms with van der Waals surface area (Å²) in [5.41, 5.74) is 1.23. The summed E-state index contributed by atoms with van der Waals surface area (Å²) in [5.74, 6) is 0.219. The van der Waals surface area contributed by atoms with Gasteiger partial charge < -0.3 is 15.0 Å². The molecular weight excluding hydrogens is 335 g/mol. The number of anilines is 1. The molecule has 0 spiro atoms. The fourth-order valence-electron chi connectivity index (χ4n) is 3.00. The Morgan fingerprint density at radius 1 is 1.19 bits per heavy atom. The summed E-state index contributed by atoms with van der Waals surface area (Å²) in [6.07, 6.45) is 0.362. The monoisotopic (exact) mass is 356 g/mol. The van der Waals surface area contributed by atoms with Crippen molar-refractivity contribution in [2.45, 2.75) is 13.3 Å². The molecule has 1 aliphatic heterocycles. The molecule has 1 N–H and O–H groups in total. The molecule has 0 saturated carbocycles. The lowest BCUT2D eigenvalue weighted by Crippen LogP contribution is -2.31. The van der Waals surface area contributed by atoms with Gasteiger partial charge in [0.15, 0.2) is 0 Å². The van der Waals surface area contributed by atoms with Crippen LogP contribution < -0.4 is 15.0 Å². The Bertz CT molecular complexity index is 775. The van der Waals surface area contributed by atoms with Gasteiger partial charge in [0, 0.05) is 36.7 Å². The highest BCUT2D eigenvalue weighted by Gasteiger charge is 2.30. The molecule has 1 atom stereocenters. The van der Waals surface area contributed by atoms with Crippen molar-refractivity contribution >= 4 is 17.5 Å². The normalized spacial score (nSPS) is 16.6. The minimum absolute atomic E-state index is 0.0167. The summed E-state index contributed by atoms with van der Waals surface area (Å²) in [6, 6.07) is 12.8. The molecular formula is C20H21FN2O3. The van der Waals surface area contributed by atoms with Crippen LogP contribution in [0.15, 0.2) is 48.5 Å². The molecule has 1 heterocycles. The van der Waals surface area contributed by atoms with E-state index in [2.05, 4.69) is 5.32 Å². The molecule has 1 aliphatic rings. The predicted octanol–water partition coefficient (Wildman–Crippen LogP) is 3.01. The van der Waals surface area contributed by atoms with Gasteiger partial charge in [0.1, 0.15) is 11.6 Å². The Morgan fingerprint density at radius 2 is 1.88 bits per heavy atom. The van der Waals surface area contributed by atoms with E-state index in [1.54, 1.807) is 41.3 Å². The van der Waals surface area contributed by atoms with Gasteiger partial charge in [-0.1, -0.05) is 0 Å². The first-order valence-corrected chi connectivity index (χ1v) is 8.64. The van der Waals surface area contributed by atoms with Crippen molar-refractivity contribution in [1.29, 1.82) is 0 Å². The fourth-order valence-corrected chi connectivity index (χ4v) is 3.00. The standard InChI is InChI=1S/C20H21FN2O3/c1-2-26-18-9-3-15(4-10-18)20(25)22-12-14-11-19(24)23(13-14)17-7-5-16(21)6-8-17/h3-10,14H,2,11-13H2,1H3,(H,22,25). The zero-order valence-electron chi connectivity index (χ0n) is 14.6. The van der Waals surface area contributed by atoms with Gasteiger partial charge in [0.25, 0.3) is 5.91 Å². The summed E-state index contributed by atoms with van der Waals surface area (Å²) in [4.78, 5) is 26.1. The lowest BCUT2D eigenvalue weighted by atomic mass is 10.1. The highest BCUT2D eigenvalue weighted by molar-refractivity contribution is 5.96. The number of ether oxygens (including phenoxy) is 1. The van der Waals surface area contributed by atoms with E-state index in [1.165, 1.54) is 12.1 Å². The van der Waals surface area contributed by atoms with Crippen molar-refractivity contribution in [1.82, 2.24) is 5.32 Å². The molecule has 2 aromatic rings. The highest BCUT2D eigenvalue weighted by atomic mass is 19.1. The van der Waals surface area contributed by atoms with E-state index in [1.807, 2.05) is 6.92 Å². The van der Waals surface area contributed by atoms with Crippen LogP contribution in [0.25, 0.3) is 0 Å². The van der Waals surface area contributed by atoms with Crippen LogP contribution in [-0.2, 0) is 4.79 Å². The maximum atomic E-state index is 13.0. The highest BCUT2D eigenvalue weighted by Crippen LogP contribution is 2.25. The van der Waals surface area contributed by atoms with Gasteiger partial charge in [-0.2, -0.15) is 0 Å². The molecule has 0 radical (unpaired) electrons. The van der Waals surface area contributed by atoms with Gasteiger partial charge in [0.2, 0.25) is 5.91 Å². The first kappa shape index (κ1) is 17.9. The second-order valence-corrected chi connectivity index (χ2v) is 6.22. The van der Waals surface area contributed by atoms with E-state index < -0.39 is 0 Å². The second kappa shape index (κ2) is 7.99. The molecule has 1 fully saturated rings. The van der Waals surface area contributed by atoms with Crippen LogP contribution in [0.3, 0.4) is 0 Å². The number of nitrogens with zero attached hydrogens (tertiary/aromatic N) is 1. The first-order valence-electron chi connectivity index (χ1n) is 8.64. The molecule has 5 nitrogen and oxygen atoms in total. The average Bonchev–Trinajstić information content (AvgIpc) is 3.02. The third-order valence-corrected chi connectivity index (χ3v) is 4.32. The topological polar surface area (TPSA) is 58.6 Å². The third kappa shape index (κ3) is 4.20. The van der Waals surface area contributed by atoms with Crippen LogP contribution in [0.2, 0.25) is 0 Å². The Kier molecular flexibility index (Phi) is 5.51. The number of nitrogens with one attached hydrogen (secondary N) is 1. The number of halogens is 1. The molecule has 0 bridgehead atoms. The molecule has 1 unspecified atom stereocenters. The largest absolute Gasteiger partial charge is 0.494 e. The molecule has 2 aromatic carbocycles. The maximum Gasteiger partial charge on any atom is 0.251 e. The van der Waals surface area contributed by atoms with Crippen LogP contribution in [0.4, 0.5) is 10.1 Å². The van der Waals surface area contributed by atoms with Crippen molar-refractivity contribution in [2.75, 3.05) is 24.6 Å². The van der Waals surface area contributed by atoms with Crippen LogP contribution in [0, 0.1) is 11.7 Å². The molecule has 0 aromatic heterocycles. The van der Waals surface area contributed by atoms with E-state index in [-0.39, 0.29) is 23.5 Å². The molecule has 136 valence electrons. The van der Waals surface area contributed by atoms with Crippen LogP contribution in [0.1, 0.15) is 23.7 Å². The van der Waals surface area contributed by atoms with Crippen molar-refractivity contribution in [3.8, 4) is 5.75 Å². The Morgan fingerprint density at radius 3 is 2.54 bits per heavy atom. The van der Waals surface area contributed by atoms with E-state index >= 15 is 0 Å². The molecule has 1 saturated heterocycles. The third-order valence-electron chi connectivity index (χ3n) is 4.32. The zero-order chi connectivity index (χ0) is 18.5. The molecule has 0 aliphatic carbocycles. The lowest BCUT2D eigenvalue weighted by molar-refractivity contribution is -0.117. The van der Waals surface area contributed by atoms with E-state index in [4.69, 9.17) is 4.74 Å². The summed E-state index contributed by atoms with van der Waals surface area (Å²) < 4.78 is 18.4. The molecule has 2 amide bonds. The number of carbonyl (C=O) groups excluding carboxylic acids is 2. The van der Waals surface area contributed by atoms with Crippen molar-refractivity contribution in [2.24, 2.45) is 5.92 Å². The van der Waals surface area contributed by atoms with Crippen LogP contribution in [-0.4, -0.2) is 31.5 Å². The van der Waals surface area contributed by atoms with E-state index in [0.29, 0.717) is 37.4 Å². The molecule has 3 rings (SSSR count). The van der Waals surface area contributed by atoms with Gasteiger partial charge in [-0.05, 0) is 55.5 Å². The van der Waals surface area contributed by atoms with Gasteiger partial charge >= 0.3 is 0 Å². The summed E-state index contributed by atoms with van der Waals surface area (Å²) >= 11 is 0. The van der Waals surface area contributed by atoms with Gasteiger partial charge in [-0.25, -0.2) is 4.39 Å². The lowest BCUT2D eigenvalue weighted by Gasteiger charge is -2.17. The number of hydrogen-bond acceptors (Lipinski definition) is 3. The van der Waals surface area contributed by atoms with Crippen molar-refractivity contribution in [3.05, 3.63) is 59.9 Å². The van der Waals surface area contributed by atoms with E-state index in [0.717, 1.165) is 5.75 Å². The summed E-state index contributed by atoms with van der Waals surface area (Å²) in [5, 5.41) is 2.88. The quantitative estimate of drug-likeness (QED) is 0.866. The second-order valence-electron chi connectivity index (χ2n) is 6.22. The Hall–Kier alpha value is -2.89. The van der Waals surface area contributed by atoms with Crippen LogP contribution >= 0.6 is 0 Å². The number of hydrogen-bond donors (Lipinski definition) is 1. The fraction of sp³-hybridized carbons (Fsp3) is 0.300. The summed E-state index contributed by atoms with van der Waals surface area (Å²) in [6.45, 7) is 3.40. The number of carbonyl (C=O) groups is 2. The Labute approximate surface area is 151 Å². The summed E-state index contributed by atoms with van der Waals surface area (Å²) in [7, 11) is 0. The minimum Gasteiger partial charge on any atom is -0.494 e. The molecule has 26 heavy (non-hydrogen) atoms. The SMILES string of the molecule is CCOc1ccc(C(=O)NCC2CC(=O)N(c3ccc(F)cc3)C2)cc1. The number of amides is 2. The van der Waals surface area contributed by atoms with Crippen LogP contribution in [0.5, 0.6) is 5.75 Å². The van der Waals surface area contributed by atoms with Gasteiger partial charge in [-0.15, -0.1) is 0 Å². The number of rotatable bonds is 6. The Balaban J connectivity index is 1.54. The first-order chi connectivity index (χ1) is 12.6. The van der Waals surface area contributed by atoms with Gasteiger partial charge in [0.05, 0.1) is 6.61 Å². The van der Waals surface area contributed by atoms with Crippen molar-refractivity contribution in [3.63, 3.8) is 0 Å². The maximum absolute atomic E-state index is 13.0. The smallest absolute Gasteiger partial charge is 0.251 e.